The van der Waals surface area contributed by atoms with Crippen molar-refractivity contribution in [1.82, 2.24) is 5.32 Å². The zero-order valence-corrected chi connectivity index (χ0v) is 7.58. The number of carboxylic acids is 1. The molecule has 0 spiro atoms. The van der Waals surface area contributed by atoms with Gasteiger partial charge in [0.1, 0.15) is 6.04 Å². The summed E-state index contributed by atoms with van der Waals surface area (Å²) in [4.78, 5) is 24.1. The molecule has 1 aliphatic rings. The molecule has 1 saturated heterocycles. The van der Waals surface area contributed by atoms with Crippen LogP contribution in [0.1, 0.15) is 12.8 Å². The lowest BCUT2D eigenvalue weighted by Gasteiger charge is -1.99. The average Bonchev–Trinajstić information content (AvgIpc) is 2.31. The number of rotatable bonds is 1. The van der Waals surface area contributed by atoms with E-state index < -0.39 is 13.9 Å². The van der Waals surface area contributed by atoms with E-state index in [0.717, 1.165) is 19.4 Å². The largest absolute Gasteiger partial charge is 0.507 e. The van der Waals surface area contributed by atoms with Gasteiger partial charge in [-0.3, -0.25) is 14.6 Å². The molecule has 8 heteroatoms. The van der Waals surface area contributed by atoms with E-state index >= 15 is 0 Å². The molecule has 4 N–H and O–H groups in total. The Bertz CT molecular complexity index is 203. The average molecular weight is 215 g/mol. The number of carbonyl (C=O) groups is 1. The highest BCUT2D eigenvalue weighted by Gasteiger charge is 2.20. The molecule has 0 radical (unpaired) electrons. The van der Waals surface area contributed by atoms with Crippen LogP contribution in [0.15, 0.2) is 0 Å². The summed E-state index contributed by atoms with van der Waals surface area (Å²) in [5.74, 6) is -0.720. The Balaban J connectivity index is 0.000000252. The van der Waals surface area contributed by atoms with E-state index in [9.17, 15) is 8.99 Å². The molecular weight excluding hydrogens is 204 g/mol. The Morgan fingerprint density at radius 1 is 1.54 bits per heavy atom. The molecule has 0 aromatic heterocycles. The van der Waals surface area contributed by atoms with Crippen LogP contribution in [-0.2, 0) is 9.36 Å². The fourth-order valence-corrected chi connectivity index (χ4v) is 0.895. The second-order valence-corrected chi connectivity index (χ2v) is 3.41. The van der Waals surface area contributed by atoms with Gasteiger partial charge in [0.2, 0.25) is 0 Å². The summed E-state index contributed by atoms with van der Waals surface area (Å²) >= 11 is 0. The minimum absolute atomic E-state index is 0.269. The quantitative estimate of drug-likeness (QED) is 0.454. The van der Waals surface area contributed by atoms with Gasteiger partial charge in [0.25, 0.3) is 0 Å². The summed E-state index contributed by atoms with van der Waals surface area (Å²) < 4.78 is 19.0. The van der Waals surface area contributed by atoms with Crippen molar-refractivity contribution < 1.29 is 28.4 Å². The summed E-state index contributed by atoms with van der Waals surface area (Å²) in [6, 6.07) is -0.269. The van der Waals surface area contributed by atoms with Gasteiger partial charge in [-0.15, -0.1) is 4.20 Å². The van der Waals surface area contributed by atoms with Crippen molar-refractivity contribution in [3.8, 4) is 0 Å². The number of hydrogen-bond donors (Lipinski definition) is 4. The van der Waals surface area contributed by atoms with Gasteiger partial charge in [-0.1, -0.05) is 0 Å². The molecule has 0 saturated carbocycles. The smallest absolute Gasteiger partial charge is 0.480 e. The van der Waals surface area contributed by atoms with Crippen molar-refractivity contribution in [1.29, 1.82) is 0 Å². The number of carboxylic acid groups (broad SMARTS) is 1. The zero-order valence-electron chi connectivity index (χ0n) is 6.68. The lowest BCUT2D eigenvalue weighted by molar-refractivity contribution is -0.139. The van der Waals surface area contributed by atoms with Crippen LogP contribution in [0.3, 0.4) is 0 Å². The van der Waals surface area contributed by atoms with Crippen molar-refractivity contribution >= 4 is 13.9 Å². The van der Waals surface area contributed by atoms with Crippen LogP contribution < -0.4 is 5.32 Å². The molecule has 0 aromatic carbocycles. The molecule has 1 unspecified atom stereocenters. The Labute approximate surface area is 74.0 Å². The summed E-state index contributed by atoms with van der Waals surface area (Å²) in [7, 11) is -5.14. The molecule has 1 rings (SSSR count). The minimum atomic E-state index is -5.14. The second kappa shape index (κ2) is 5.29. The Morgan fingerprint density at radius 2 is 2.00 bits per heavy atom. The maximum atomic E-state index is 10.4. The summed E-state index contributed by atoms with van der Waals surface area (Å²) in [5.41, 5.74) is 0. The molecule has 13 heavy (non-hydrogen) atoms. The third-order valence-electron chi connectivity index (χ3n) is 1.36. The van der Waals surface area contributed by atoms with Gasteiger partial charge in [-0.05, 0) is 19.4 Å². The summed E-state index contributed by atoms with van der Waals surface area (Å²) in [6.45, 7) is 0.858. The number of aliphatic carboxylic acids is 1. The normalized spacial score (nSPS) is 21.9. The predicted octanol–water partition coefficient (Wildman–Crippen LogP) is -0.128. The van der Waals surface area contributed by atoms with E-state index in [1.54, 1.807) is 0 Å². The van der Waals surface area contributed by atoms with Gasteiger partial charge in [0.05, 0.1) is 0 Å². The number of nitrogens with one attached hydrogen (secondary N) is 1. The molecular formula is C5H11FNO5P. The first kappa shape index (κ1) is 12.5. The van der Waals surface area contributed by atoms with E-state index in [1.165, 1.54) is 0 Å². The molecule has 6 nitrogen and oxygen atoms in total. The third-order valence-corrected chi connectivity index (χ3v) is 1.36. The molecule has 1 aliphatic heterocycles. The van der Waals surface area contributed by atoms with E-state index in [4.69, 9.17) is 19.5 Å². The van der Waals surface area contributed by atoms with Gasteiger partial charge >= 0.3 is 13.9 Å². The van der Waals surface area contributed by atoms with E-state index in [2.05, 4.69) is 5.32 Å². The highest BCUT2D eigenvalue weighted by Crippen LogP contribution is 2.34. The Morgan fingerprint density at radius 3 is 2.15 bits per heavy atom. The van der Waals surface area contributed by atoms with Gasteiger partial charge in [-0.2, -0.15) is 0 Å². The standard InChI is InChI=1S/C5H9NO2.FH2O3P/c7-5(8)4-2-1-3-6-4;1-5(2,3)4/h4,6H,1-3H2,(H,7,8);(H2,2,3,4). The van der Waals surface area contributed by atoms with Crippen molar-refractivity contribution in [2.24, 2.45) is 0 Å². The van der Waals surface area contributed by atoms with Crippen molar-refractivity contribution in [3.63, 3.8) is 0 Å². The maximum absolute atomic E-state index is 10.4. The minimum Gasteiger partial charge on any atom is -0.480 e. The molecule has 0 aromatic rings. The fourth-order valence-electron chi connectivity index (χ4n) is 0.895. The molecule has 1 atom stereocenters. The Hall–Kier alpha value is -0.490. The zero-order chi connectivity index (χ0) is 10.5. The van der Waals surface area contributed by atoms with Gasteiger partial charge in [-0.25, -0.2) is 4.57 Å². The molecule has 0 aliphatic carbocycles. The molecule has 0 amide bonds. The number of halogens is 1. The lowest BCUT2D eigenvalue weighted by Crippen LogP contribution is -2.29. The molecule has 78 valence electrons. The summed E-state index contributed by atoms with van der Waals surface area (Å²) in [5, 5.41) is 11.2. The van der Waals surface area contributed by atoms with Crippen LogP contribution in [0.4, 0.5) is 4.20 Å². The second-order valence-electron chi connectivity index (χ2n) is 2.46. The monoisotopic (exact) mass is 215 g/mol. The lowest BCUT2D eigenvalue weighted by atomic mass is 10.2. The van der Waals surface area contributed by atoms with Crippen molar-refractivity contribution in [3.05, 3.63) is 0 Å². The van der Waals surface area contributed by atoms with Crippen LogP contribution >= 0.6 is 7.91 Å². The summed E-state index contributed by atoms with van der Waals surface area (Å²) in [6.07, 6.45) is 1.78. The van der Waals surface area contributed by atoms with Crippen LogP contribution in [-0.4, -0.2) is 33.4 Å². The van der Waals surface area contributed by atoms with Gasteiger partial charge < -0.3 is 10.4 Å². The molecule has 0 bridgehead atoms. The highest BCUT2D eigenvalue weighted by atomic mass is 31.2. The first-order valence-corrected chi connectivity index (χ1v) is 5.02. The van der Waals surface area contributed by atoms with Gasteiger partial charge in [0.15, 0.2) is 0 Å². The highest BCUT2D eigenvalue weighted by molar-refractivity contribution is 7.45. The van der Waals surface area contributed by atoms with Crippen LogP contribution in [0.5, 0.6) is 0 Å². The van der Waals surface area contributed by atoms with E-state index in [0.29, 0.717) is 0 Å². The van der Waals surface area contributed by atoms with E-state index in [1.807, 2.05) is 0 Å². The third kappa shape index (κ3) is 9.42. The SMILES string of the molecule is O=C(O)C1CCCN1.O=P(O)(O)F. The van der Waals surface area contributed by atoms with Gasteiger partial charge in [0, 0.05) is 0 Å². The van der Waals surface area contributed by atoms with Crippen molar-refractivity contribution in [2.45, 2.75) is 18.9 Å². The topological polar surface area (TPSA) is 107 Å². The fraction of sp³-hybridized carbons (Fsp3) is 0.800. The van der Waals surface area contributed by atoms with Crippen molar-refractivity contribution in [2.75, 3.05) is 6.54 Å². The maximum Gasteiger partial charge on any atom is 0.507 e. The first-order chi connectivity index (χ1) is 5.80. The van der Waals surface area contributed by atoms with E-state index in [-0.39, 0.29) is 6.04 Å². The van der Waals surface area contributed by atoms with Crippen LogP contribution in [0.2, 0.25) is 0 Å². The van der Waals surface area contributed by atoms with Crippen LogP contribution in [0, 0.1) is 0 Å². The molecule has 1 fully saturated rings. The predicted molar refractivity (Wildman–Crippen MR) is 41.8 cm³/mol. The Kier molecular flexibility index (Phi) is 5.09. The molecule has 1 heterocycles. The first-order valence-electron chi connectivity index (χ1n) is 3.52. The number of hydrogen-bond acceptors (Lipinski definition) is 3. The van der Waals surface area contributed by atoms with Crippen LogP contribution in [0.25, 0.3) is 0 Å².